The van der Waals surface area contributed by atoms with E-state index in [2.05, 4.69) is 24.3 Å². The lowest BCUT2D eigenvalue weighted by Crippen LogP contribution is -1.74. The van der Waals surface area contributed by atoms with E-state index in [1.165, 1.54) is 6.42 Å². The van der Waals surface area contributed by atoms with Gasteiger partial charge in [0.15, 0.2) is 0 Å². The van der Waals surface area contributed by atoms with Gasteiger partial charge in [-0.15, -0.1) is 0 Å². The van der Waals surface area contributed by atoms with Crippen molar-refractivity contribution in [1.29, 1.82) is 0 Å². The Bertz CT molecular complexity index is 115. The molecule has 0 N–H and O–H groups in total. The Hall–Kier alpha value is -0.520. The maximum absolute atomic E-state index is 2.30. The molecule has 0 aliphatic heterocycles. The van der Waals surface area contributed by atoms with E-state index in [0.717, 1.165) is 11.8 Å². The van der Waals surface area contributed by atoms with E-state index in [4.69, 9.17) is 0 Å². The zero-order chi connectivity index (χ0) is 4.69. The van der Waals surface area contributed by atoms with E-state index in [1.807, 2.05) is 0 Å². The van der Waals surface area contributed by atoms with Crippen LogP contribution >= 0.6 is 0 Å². The van der Waals surface area contributed by atoms with Gasteiger partial charge in [0, 0.05) is 0 Å². The molecule has 2 aliphatic rings. The van der Waals surface area contributed by atoms with Crippen molar-refractivity contribution >= 4 is 0 Å². The lowest BCUT2D eigenvalue weighted by Gasteiger charge is -1.87. The second kappa shape index (κ2) is 1.00. The molecule has 1 fully saturated rings. The molecule has 2 atom stereocenters. The minimum Gasteiger partial charge on any atom is -0.0808 e. The van der Waals surface area contributed by atoms with Gasteiger partial charge in [-0.05, 0) is 18.3 Å². The summed E-state index contributed by atoms with van der Waals surface area (Å²) >= 11 is 0. The molecule has 2 unspecified atom stereocenters. The second-order valence-electron chi connectivity index (χ2n) is 2.33. The van der Waals surface area contributed by atoms with Crippen LogP contribution in [0.1, 0.15) is 6.42 Å². The molecule has 2 rings (SSSR count). The van der Waals surface area contributed by atoms with Crippen molar-refractivity contribution in [3.63, 3.8) is 0 Å². The summed E-state index contributed by atoms with van der Waals surface area (Å²) in [4.78, 5) is 0. The van der Waals surface area contributed by atoms with Crippen LogP contribution < -0.4 is 0 Å². The number of allylic oxidation sites excluding steroid dienone is 4. The molecule has 0 spiro atoms. The van der Waals surface area contributed by atoms with E-state index in [0.29, 0.717) is 0 Å². The quantitative estimate of drug-likeness (QED) is 0.427. The van der Waals surface area contributed by atoms with E-state index in [-0.39, 0.29) is 0 Å². The van der Waals surface area contributed by atoms with Gasteiger partial charge < -0.3 is 0 Å². The van der Waals surface area contributed by atoms with E-state index >= 15 is 0 Å². The summed E-state index contributed by atoms with van der Waals surface area (Å²) in [5.74, 6) is 1.87. The average Bonchev–Trinajstić information content (AvgIpc) is 2.41. The number of hydrogen-bond acceptors (Lipinski definition) is 0. The Labute approximate surface area is 43.5 Å². The Balaban J connectivity index is 2.28. The van der Waals surface area contributed by atoms with Crippen LogP contribution in [0.25, 0.3) is 0 Å². The monoisotopic (exact) mass is 92.1 g/mol. The van der Waals surface area contributed by atoms with Gasteiger partial charge >= 0.3 is 0 Å². The van der Waals surface area contributed by atoms with Gasteiger partial charge in [-0.25, -0.2) is 0 Å². The fraction of sp³-hybridized carbons (Fsp3) is 0.429. The van der Waals surface area contributed by atoms with E-state index < -0.39 is 0 Å². The van der Waals surface area contributed by atoms with Crippen molar-refractivity contribution in [2.75, 3.05) is 0 Å². The highest BCUT2D eigenvalue weighted by Gasteiger charge is 2.32. The van der Waals surface area contributed by atoms with Crippen LogP contribution in [0.4, 0.5) is 0 Å². The predicted molar refractivity (Wildman–Crippen MR) is 29.9 cm³/mol. The van der Waals surface area contributed by atoms with Crippen molar-refractivity contribution < 1.29 is 0 Å². The predicted octanol–water partition coefficient (Wildman–Crippen LogP) is 1.75. The summed E-state index contributed by atoms with van der Waals surface area (Å²) in [6, 6.07) is 0. The highest BCUT2D eigenvalue weighted by molar-refractivity contribution is 5.21. The summed E-state index contributed by atoms with van der Waals surface area (Å²) in [5, 5.41) is 0. The van der Waals surface area contributed by atoms with E-state index in [9.17, 15) is 0 Å². The largest absolute Gasteiger partial charge is 0.0808 e. The Morgan fingerprint density at radius 1 is 1.00 bits per heavy atom. The molecular weight excluding hydrogens is 84.1 g/mol. The zero-order valence-corrected chi connectivity index (χ0v) is 4.17. The smallest absolute Gasteiger partial charge is 0.0161 e. The Kier molecular flexibility index (Phi) is 0.498. The van der Waals surface area contributed by atoms with Crippen molar-refractivity contribution in [3.8, 4) is 0 Å². The molecule has 0 bridgehead atoms. The molecule has 0 heterocycles. The topological polar surface area (TPSA) is 0 Å². The van der Waals surface area contributed by atoms with Gasteiger partial charge in [0.05, 0.1) is 0 Å². The van der Waals surface area contributed by atoms with Crippen LogP contribution in [0, 0.1) is 11.8 Å². The molecule has 0 radical (unpaired) electrons. The first kappa shape index (κ1) is 3.48. The van der Waals surface area contributed by atoms with Crippen LogP contribution in [-0.4, -0.2) is 0 Å². The molecule has 0 amide bonds. The van der Waals surface area contributed by atoms with Crippen molar-refractivity contribution in [3.05, 3.63) is 24.3 Å². The molecule has 0 heteroatoms. The molecule has 36 valence electrons. The van der Waals surface area contributed by atoms with Gasteiger partial charge in [-0.1, -0.05) is 24.3 Å². The van der Waals surface area contributed by atoms with Crippen LogP contribution in [0.3, 0.4) is 0 Å². The molecule has 0 aromatic rings. The number of hydrogen-bond donors (Lipinski definition) is 0. The first-order valence-electron chi connectivity index (χ1n) is 2.82. The van der Waals surface area contributed by atoms with E-state index in [1.54, 1.807) is 0 Å². The SMILES string of the molecule is C1=CC2CC2C=C1. The van der Waals surface area contributed by atoms with Gasteiger partial charge in [0.25, 0.3) is 0 Å². The van der Waals surface area contributed by atoms with Crippen molar-refractivity contribution in [1.82, 2.24) is 0 Å². The van der Waals surface area contributed by atoms with Crippen LogP contribution in [0.2, 0.25) is 0 Å². The average molecular weight is 92.1 g/mol. The van der Waals surface area contributed by atoms with Gasteiger partial charge in [0.1, 0.15) is 0 Å². The molecule has 0 aromatic carbocycles. The van der Waals surface area contributed by atoms with Crippen molar-refractivity contribution in [2.24, 2.45) is 11.8 Å². The third-order valence-corrected chi connectivity index (χ3v) is 1.72. The number of rotatable bonds is 0. The number of fused-ring (bicyclic) bond motifs is 1. The fourth-order valence-electron chi connectivity index (χ4n) is 1.09. The minimum atomic E-state index is 0.935. The third-order valence-electron chi connectivity index (χ3n) is 1.72. The highest BCUT2D eigenvalue weighted by atomic mass is 14.4. The second-order valence-corrected chi connectivity index (χ2v) is 2.33. The molecule has 0 aromatic heterocycles. The van der Waals surface area contributed by atoms with Crippen molar-refractivity contribution in [2.45, 2.75) is 6.42 Å². The summed E-state index contributed by atoms with van der Waals surface area (Å²) in [6.07, 6.45) is 10.3. The van der Waals surface area contributed by atoms with Crippen LogP contribution in [-0.2, 0) is 0 Å². The van der Waals surface area contributed by atoms with Crippen LogP contribution in [0.15, 0.2) is 24.3 Å². The first-order chi connectivity index (χ1) is 3.47. The van der Waals surface area contributed by atoms with Gasteiger partial charge in [0.2, 0.25) is 0 Å². The maximum atomic E-state index is 2.30. The highest BCUT2D eigenvalue weighted by Crippen LogP contribution is 2.42. The lowest BCUT2D eigenvalue weighted by atomic mass is 10.2. The van der Waals surface area contributed by atoms with Gasteiger partial charge in [-0.3, -0.25) is 0 Å². The molecular formula is C7H8. The standard InChI is InChI=1S/C7H8/c1-2-4-7-5-6(7)3-1/h1-4,6-7H,5H2. The Morgan fingerprint density at radius 2 is 1.57 bits per heavy atom. The lowest BCUT2D eigenvalue weighted by molar-refractivity contribution is 0.981. The van der Waals surface area contributed by atoms with Gasteiger partial charge in [-0.2, -0.15) is 0 Å². The fourth-order valence-corrected chi connectivity index (χ4v) is 1.09. The zero-order valence-electron chi connectivity index (χ0n) is 4.17. The molecule has 1 saturated carbocycles. The maximum Gasteiger partial charge on any atom is -0.0161 e. The molecule has 7 heavy (non-hydrogen) atoms. The molecule has 0 nitrogen and oxygen atoms in total. The van der Waals surface area contributed by atoms with Crippen LogP contribution in [0.5, 0.6) is 0 Å². The molecule has 0 saturated heterocycles. The summed E-state index contributed by atoms with van der Waals surface area (Å²) in [6.45, 7) is 0. The molecule has 2 aliphatic carbocycles. The minimum absolute atomic E-state index is 0.935. The summed E-state index contributed by atoms with van der Waals surface area (Å²) in [7, 11) is 0. The Morgan fingerprint density at radius 3 is 2.00 bits per heavy atom. The third kappa shape index (κ3) is 0.426. The summed E-state index contributed by atoms with van der Waals surface area (Å²) in [5.41, 5.74) is 0. The first-order valence-corrected chi connectivity index (χ1v) is 2.82. The summed E-state index contributed by atoms with van der Waals surface area (Å²) < 4.78 is 0. The normalized spacial score (nSPS) is 43.4.